The Hall–Kier alpha value is -2.72. The largest absolute Gasteiger partial charge is 0.352 e. The summed E-state index contributed by atoms with van der Waals surface area (Å²) in [4.78, 5) is 19.4. The number of fused-ring (bicyclic) bond motifs is 1. The lowest BCUT2D eigenvalue weighted by molar-refractivity contribution is -0.896. The predicted molar refractivity (Wildman–Crippen MR) is 121 cm³/mol. The highest BCUT2D eigenvalue weighted by molar-refractivity contribution is 6.07. The highest BCUT2D eigenvalue weighted by atomic mass is 16.1. The van der Waals surface area contributed by atoms with Gasteiger partial charge in [0, 0.05) is 23.9 Å². The van der Waals surface area contributed by atoms with Crippen molar-refractivity contribution in [2.45, 2.75) is 34.1 Å². The van der Waals surface area contributed by atoms with E-state index >= 15 is 0 Å². The molecular formula is C25H32N3O+. The van der Waals surface area contributed by atoms with E-state index in [9.17, 15) is 4.79 Å². The minimum Gasteiger partial charge on any atom is -0.352 e. The first-order valence-corrected chi connectivity index (χ1v) is 10.6. The molecule has 0 bridgehead atoms. The molecule has 0 aliphatic rings. The summed E-state index contributed by atoms with van der Waals surface area (Å²) in [5, 5.41) is 4.01. The number of rotatable bonds is 8. The molecule has 2 N–H and O–H groups in total. The first-order chi connectivity index (χ1) is 14.0. The first-order valence-electron chi connectivity index (χ1n) is 10.6. The third kappa shape index (κ3) is 5.01. The zero-order chi connectivity index (χ0) is 20.8. The Labute approximate surface area is 174 Å². The van der Waals surface area contributed by atoms with Crippen molar-refractivity contribution < 1.29 is 9.69 Å². The Bertz CT molecular complexity index is 993. The molecule has 0 aliphatic carbocycles. The van der Waals surface area contributed by atoms with Gasteiger partial charge in [-0.15, -0.1) is 0 Å². The van der Waals surface area contributed by atoms with Crippen molar-refractivity contribution in [2.75, 3.05) is 26.2 Å². The van der Waals surface area contributed by atoms with Crippen molar-refractivity contribution in [3.8, 4) is 11.3 Å². The van der Waals surface area contributed by atoms with E-state index in [0.717, 1.165) is 48.2 Å². The van der Waals surface area contributed by atoms with Crippen LogP contribution in [-0.2, 0) is 0 Å². The summed E-state index contributed by atoms with van der Waals surface area (Å²) < 4.78 is 0. The number of hydrogen-bond donors (Lipinski definition) is 2. The molecular weight excluding hydrogens is 358 g/mol. The number of hydrogen-bond acceptors (Lipinski definition) is 2. The molecule has 0 atom stereocenters. The van der Waals surface area contributed by atoms with Gasteiger partial charge in [-0.3, -0.25) is 4.79 Å². The molecule has 1 heterocycles. The van der Waals surface area contributed by atoms with Crippen molar-refractivity contribution in [2.24, 2.45) is 0 Å². The molecule has 4 heteroatoms. The number of amides is 1. The number of nitrogens with zero attached hydrogens (tertiary/aromatic N) is 1. The molecule has 0 spiro atoms. The standard InChI is InChI=1S/C25H31N3O/c1-5-28(6-2)15-9-14-26-25(29)22-17-24(20-13-12-18(3)19(4)16-20)27-23-11-8-7-10-21(22)23/h7-8,10-13,16-17H,5-6,9,14-15H2,1-4H3,(H,26,29)/p+1. The molecule has 0 saturated carbocycles. The Balaban J connectivity index is 1.86. The molecule has 0 unspecified atom stereocenters. The van der Waals surface area contributed by atoms with Gasteiger partial charge < -0.3 is 10.2 Å². The van der Waals surface area contributed by atoms with Crippen LogP contribution >= 0.6 is 0 Å². The number of benzene rings is 2. The average Bonchev–Trinajstić information content (AvgIpc) is 2.74. The fraction of sp³-hybridized carbons (Fsp3) is 0.360. The topological polar surface area (TPSA) is 46.4 Å². The molecule has 0 radical (unpaired) electrons. The zero-order valence-corrected chi connectivity index (χ0v) is 18.0. The number of aryl methyl sites for hydroxylation is 2. The van der Waals surface area contributed by atoms with Crippen LogP contribution in [-0.4, -0.2) is 37.1 Å². The molecule has 4 nitrogen and oxygen atoms in total. The van der Waals surface area contributed by atoms with Crippen LogP contribution in [0.15, 0.2) is 48.5 Å². The minimum absolute atomic E-state index is 0.0248. The van der Waals surface area contributed by atoms with E-state index in [-0.39, 0.29) is 5.91 Å². The molecule has 0 saturated heterocycles. The number of aromatic nitrogens is 1. The van der Waals surface area contributed by atoms with Gasteiger partial charge >= 0.3 is 0 Å². The molecule has 0 aliphatic heterocycles. The maximum atomic E-state index is 13.0. The summed E-state index contributed by atoms with van der Waals surface area (Å²) in [6.45, 7) is 12.6. The second-order valence-electron chi connectivity index (χ2n) is 7.69. The number of carbonyl (C=O) groups is 1. The summed E-state index contributed by atoms with van der Waals surface area (Å²) in [5.41, 5.74) is 5.90. The molecule has 2 aromatic carbocycles. The van der Waals surface area contributed by atoms with E-state index in [1.54, 1.807) is 4.90 Å². The maximum Gasteiger partial charge on any atom is 0.252 e. The van der Waals surface area contributed by atoms with E-state index in [0.29, 0.717) is 12.1 Å². The van der Waals surface area contributed by atoms with E-state index in [1.807, 2.05) is 30.3 Å². The van der Waals surface area contributed by atoms with E-state index in [2.05, 4.69) is 51.2 Å². The highest BCUT2D eigenvalue weighted by Gasteiger charge is 2.14. The Kier molecular flexibility index (Phi) is 6.99. The van der Waals surface area contributed by atoms with E-state index < -0.39 is 0 Å². The van der Waals surface area contributed by atoms with Gasteiger partial charge in [0.05, 0.1) is 36.4 Å². The Morgan fingerprint density at radius 1 is 1.00 bits per heavy atom. The van der Waals surface area contributed by atoms with Gasteiger partial charge in [0.15, 0.2) is 0 Å². The third-order valence-corrected chi connectivity index (χ3v) is 5.76. The lowest BCUT2D eigenvalue weighted by Crippen LogP contribution is -3.11. The Morgan fingerprint density at radius 3 is 2.48 bits per heavy atom. The summed E-state index contributed by atoms with van der Waals surface area (Å²) in [6, 6.07) is 16.1. The van der Waals surface area contributed by atoms with Gasteiger partial charge in [-0.2, -0.15) is 0 Å². The van der Waals surface area contributed by atoms with Crippen LogP contribution in [0.4, 0.5) is 0 Å². The molecule has 29 heavy (non-hydrogen) atoms. The summed E-state index contributed by atoms with van der Waals surface area (Å²) in [5.74, 6) is -0.0248. The van der Waals surface area contributed by atoms with Crippen LogP contribution in [0.25, 0.3) is 22.2 Å². The number of carbonyl (C=O) groups excluding carboxylic acids is 1. The molecule has 3 rings (SSSR count). The van der Waals surface area contributed by atoms with Gasteiger partial charge in [-0.25, -0.2) is 4.98 Å². The molecule has 152 valence electrons. The van der Waals surface area contributed by atoms with Crippen LogP contribution in [0.1, 0.15) is 41.8 Å². The normalized spacial score (nSPS) is 11.2. The fourth-order valence-electron chi connectivity index (χ4n) is 3.65. The summed E-state index contributed by atoms with van der Waals surface area (Å²) in [7, 11) is 0. The van der Waals surface area contributed by atoms with Crippen LogP contribution < -0.4 is 10.2 Å². The molecule has 1 aromatic heterocycles. The van der Waals surface area contributed by atoms with E-state index in [1.165, 1.54) is 11.1 Å². The first kappa shape index (κ1) is 21.0. The molecule has 3 aromatic rings. The number of quaternary nitrogens is 1. The summed E-state index contributed by atoms with van der Waals surface area (Å²) in [6.07, 6.45) is 0.982. The molecule has 0 fully saturated rings. The smallest absolute Gasteiger partial charge is 0.252 e. The zero-order valence-electron chi connectivity index (χ0n) is 18.0. The average molecular weight is 391 g/mol. The predicted octanol–water partition coefficient (Wildman–Crippen LogP) is 3.56. The third-order valence-electron chi connectivity index (χ3n) is 5.76. The van der Waals surface area contributed by atoms with Crippen LogP contribution in [0, 0.1) is 13.8 Å². The van der Waals surface area contributed by atoms with Crippen LogP contribution in [0.2, 0.25) is 0 Å². The van der Waals surface area contributed by atoms with E-state index in [4.69, 9.17) is 4.98 Å². The lowest BCUT2D eigenvalue weighted by atomic mass is 10.0. The monoisotopic (exact) mass is 390 g/mol. The quantitative estimate of drug-likeness (QED) is 0.578. The second kappa shape index (κ2) is 9.66. The lowest BCUT2D eigenvalue weighted by Gasteiger charge is -2.15. The van der Waals surface area contributed by atoms with Crippen LogP contribution in [0.3, 0.4) is 0 Å². The van der Waals surface area contributed by atoms with Crippen molar-refractivity contribution in [1.29, 1.82) is 0 Å². The number of para-hydroxylation sites is 1. The van der Waals surface area contributed by atoms with Crippen molar-refractivity contribution in [3.63, 3.8) is 0 Å². The summed E-state index contributed by atoms with van der Waals surface area (Å²) >= 11 is 0. The highest BCUT2D eigenvalue weighted by Crippen LogP contribution is 2.26. The van der Waals surface area contributed by atoms with Crippen LogP contribution in [0.5, 0.6) is 0 Å². The van der Waals surface area contributed by atoms with Crippen molar-refractivity contribution >= 4 is 16.8 Å². The van der Waals surface area contributed by atoms with Crippen molar-refractivity contribution in [3.05, 3.63) is 65.2 Å². The minimum atomic E-state index is -0.0248. The van der Waals surface area contributed by atoms with Gasteiger partial charge in [-0.1, -0.05) is 30.3 Å². The fourth-order valence-corrected chi connectivity index (χ4v) is 3.65. The second-order valence-corrected chi connectivity index (χ2v) is 7.69. The molecule has 1 amide bonds. The van der Waals surface area contributed by atoms with Crippen molar-refractivity contribution in [1.82, 2.24) is 10.3 Å². The van der Waals surface area contributed by atoms with Gasteiger partial charge in [0.25, 0.3) is 5.91 Å². The SMILES string of the molecule is CC[NH+](CC)CCCNC(=O)c1cc(-c2ccc(C)c(C)c2)nc2ccccc12. The number of pyridine rings is 1. The van der Waals surface area contributed by atoms with Gasteiger partial charge in [0.1, 0.15) is 0 Å². The number of nitrogens with one attached hydrogen (secondary N) is 2. The van der Waals surface area contributed by atoms with Gasteiger partial charge in [0.2, 0.25) is 0 Å². The Morgan fingerprint density at radius 2 is 1.76 bits per heavy atom. The maximum absolute atomic E-state index is 13.0. The van der Waals surface area contributed by atoms with Gasteiger partial charge in [-0.05, 0) is 57.0 Å².